The lowest BCUT2D eigenvalue weighted by atomic mass is 9.96. The summed E-state index contributed by atoms with van der Waals surface area (Å²) in [6.07, 6.45) is 2.33. The minimum Gasteiger partial charge on any atom is -0.489 e. The number of halogens is 2. The monoisotopic (exact) mass is 547 g/mol. The average Bonchev–Trinajstić information content (AvgIpc) is 3.64. The molecule has 2 aromatic rings. The minimum atomic E-state index is -3.00. The van der Waals surface area contributed by atoms with Gasteiger partial charge in [0.2, 0.25) is 5.91 Å². The van der Waals surface area contributed by atoms with Gasteiger partial charge in [-0.1, -0.05) is 12.1 Å². The summed E-state index contributed by atoms with van der Waals surface area (Å²) in [5, 5.41) is 11.4. The van der Waals surface area contributed by atoms with E-state index in [4.69, 9.17) is 14.6 Å². The van der Waals surface area contributed by atoms with Crippen LogP contribution in [0.3, 0.4) is 0 Å². The van der Waals surface area contributed by atoms with Gasteiger partial charge in [0.15, 0.2) is 11.5 Å². The molecule has 0 radical (unpaired) electrons. The maximum absolute atomic E-state index is 13.0. The SMILES string of the molecule is CC(=O)N1CC(c2ccc(OC(F)F)c(OCC3CC3)c2)C[C@@H]1C(=O)OCc1cccc(C(=O)NCCO)n1. The van der Waals surface area contributed by atoms with E-state index in [9.17, 15) is 23.2 Å². The van der Waals surface area contributed by atoms with Crippen molar-refractivity contribution in [1.82, 2.24) is 15.2 Å². The fraction of sp³-hybridized carbons (Fsp3) is 0.481. The van der Waals surface area contributed by atoms with Gasteiger partial charge in [-0.3, -0.25) is 9.59 Å². The summed E-state index contributed by atoms with van der Waals surface area (Å²) in [5.74, 6) is -1.11. The molecular formula is C27H31F2N3O7. The van der Waals surface area contributed by atoms with E-state index in [2.05, 4.69) is 15.0 Å². The van der Waals surface area contributed by atoms with Crippen LogP contribution in [0.25, 0.3) is 0 Å². The first-order valence-electron chi connectivity index (χ1n) is 12.8. The van der Waals surface area contributed by atoms with Gasteiger partial charge in [-0.15, -0.1) is 0 Å². The van der Waals surface area contributed by atoms with Gasteiger partial charge in [0, 0.05) is 25.9 Å². The third-order valence-electron chi connectivity index (χ3n) is 6.60. The Morgan fingerprint density at radius 1 is 1.18 bits per heavy atom. The van der Waals surface area contributed by atoms with E-state index in [-0.39, 0.29) is 61.7 Å². The van der Waals surface area contributed by atoms with Crippen LogP contribution < -0.4 is 14.8 Å². The number of aromatic nitrogens is 1. The highest BCUT2D eigenvalue weighted by molar-refractivity contribution is 5.92. The number of hydrogen-bond acceptors (Lipinski definition) is 8. The Bertz CT molecular complexity index is 1190. The Labute approximate surface area is 224 Å². The number of benzene rings is 1. The fourth-order valence-corrected chi connectivity index (χ4v) is 4.41. The van der Waals surface area contributed by atoms with Crippen molar-refractivity contribution in [2.24, 2.45) is 5.92 Å². The number of aliphatic hydroxyl groups excluding tert-OH is 1. The van der Waals surface area contributed by atoms with Crippen LogP contribution in [0.1, 0.15) is 53.8 Å². The number of hydrogen-bond donors (Lipinski definition) is 2. The normalized spacial score (nSPS) is 18.6. The van der Waals surface area contributed by atoms with Crippen LogP contribution in [0.2, 0.25) is 0 Å². The quantitative estimate of drug-likeness (QED) is 0.389. The van der Waals surface area contributed by atoms with E-state index in [0.717, 1.165) is 18.4 Å². The Balaban J connectivity index is 1.43. The van der Waals surface area contributed by atoms with Gasteiger partial charge < -0.3 is 29.5 Å². The lowest BCUT2D eigenvalue weighted by Crippen LogP contribution is -2.40. The van der Waals surface area contributed by atoms with Gasteiger partial charge in [-0.05, 0) is 55.0 Å². The van der Waals surface area contributed by atoms with Crippen LogP contribution >= 0.6 is 0 Å². The number of carbonyl (C=O) groups is 3. The van der Waals surface area contributed by atoms with Crippen LogP contribution in [0.4, 0.5) is 8.78 Å². The zero-order valence-corrected chi connectivity index (χ0v) is 21.5. The van der Waals surface area contributed by atoms with Gasteiger partial charge in [0.05, 0.1) is 18.9 Å². The summed E-state index contributed by atoms with van der Waals surface area (Å²) in [4.78, 5) is 43.1. The Hall–Kier alpha value is -3.80. The molecule has 39 heavy (non-hydrogen) atoms. The summed E-state index contributed by atoms with van der Waals surface area (Å²) in [6, 6.07) is 8.53. The second-order valence-corrected chi connectivity index (χ2v) is 9.56. The zero-order chi connectivity index (χ0) is 27.9. The molecule has 4 rings (SSSR count). The number of esters is 1. The summed E-state index contributed by atoms with van der Waals surface area (Å²) in [7, 11) is 0. The molecule has 12 heteroatoms. The van der Waals surface area contributed by atoms with Gasteiger partial charge in [-0.25, -0.2) is 9.78 Å². The van der Waals surface area contributed by atoms with Gasteiger partial charge >= 0.3 is 12.6 Å². The van der Waals surface area contributed by atoms with Crippen molar-refractivity contribution in [2.45, 2.75) is 51.4 Å². The minimum absolute atomic E-state index is 0.0634. The standard InChI is InChI=1S/C27H31F2N3O7/c1-16(34)32-13-19(18-7-8-23(39-27(28)29)24(12-18)37-14-17-5-6-17)11-22(32)26(36)38-15-20-3-2-4-21(31-20)25(35)30-9-10-33/h2-4,7-8,12,17,19,22,27,33H,5-6,9-11,13-15H2,1H3,(H,30,35)/t19?,22-/m1/s1. The lowest BCUT2D eigenvalue weighted by molar-refractivity contribution is -0.154. The highest BCUT2D eigenvalue weighted by Gasteiger charge is 2.40. The summed E-state index contributed by atoms with van der Waals surface area (Å²) >= 11 is 0. The molecular weight excluding hydrogens is 516 g/mol. The van der Waals surface area contributed by atoms with Crippen molar-refractivity contribution in [1.29, 1.82) is 0 Å². The molecule has 1 unspecified atom stereocenters. The number of alkyl halides is 2. The first-order chi connectivity index (χ1) is 18.7. The van der Waals surface area contributed by atoms with E-state index in [1.807, 2.05) is 0 Å². The zero-order valence-electron chi connectivity index (χ0n) is 21.5. The molecule has 1 aromatic carbocycles. The fourth-order valence-electron chi connectivity index (χ4n) is 4.41. The van der Waals surface area contributed by atoms with E-state index in [0.29, 0.717) is 18.2 Å². The number of nitrogens with zero attached hydrogens (tertiary/aromatic N) is 2. The molecule has 2 N–H and O–H groups in total. The maximum Gasteiger partial charge on any atom is 0.387 e. The molecule has 10 nitrogen and oxygen atoms in total. The molecule has 1 saturated carbocycles. The molecule has 210 valence electrons. The van der Waals surface area contributed by atoms with E-state index < -0.39 is 24.5 Å². The highest BCUT2D eigenvalue weighted by Crippen LogP contribution is 2.39. The van der Waals surface area contributed by atoms with Crippen molar-refractivity contribution in [2.75, 3.05) is 26.3 Å². The predicted octanol–water partition coefficient (Wildman–Crippen LogP) is 2.64. The first-order valence-corrected chi connectivity index (χ1v) is 12.8. The van der Waals surface area contributed by atoms with Crippen molar-refractivity contribution >= 4 is 17.8 Å². The number of carbonyl (C=O) groups excluding carboxylic acids is 3. The second kappa shape index (κ2) is 12.8. The largest absolute Gasteiger partial charge is 0.489 e. The topological polar surface area (TPSA) is 127 Å². The predicted molar refractivity (Wildman–Crippen MR) is 133 cm³/mol. The van der Waals surface area contributed by atoms with Crippen molar-refractivity contribution in [3.63, 3.8) is 0 Å². The lowest BCUT2D eigenvalue weighted by Gasteiger charge is -2.21. The smallest absolute Gasteiger partial charge is 0.387 e. The van der Waals surface area contributed by atoms with E-state index >= 15 is 0 Å². The van der Waals surface area contributed by atoms with E-state index in [1.165, 1.54) is 24.0 Å². The van der Waals surface area contributed by atoms with Crippen molar-refractivity contribution in [3.05, 3.63) is 53.3 Å². The average molecular weight is 548 g/mol. The molecule has 1 saturated heterocycles. The summed E-state index contributed by atoms with van der Waals surface area (Å²) in [6.45, 7) is -1.32. The highest BCUT2D eigenvalue weighted by atomic mass is 19.3. The van der Waals surface area contributed by atoms with Crippen LogP contribution in [-0.2, 0) is 20.9 Å². The third-order valence-corrected chi connectivity index (χ3v) is 6.60. The molecule has 2 heterocycles. The van der Waals surface area contributed by atoms with Crippen LogP contribution in [0, 0.1) is 5.92 Å². The third kappa shape index (κ3) is 7.62. The first kappa shape index (κ1) is 28.2. The molecule has 1 aliphatic heterocycles. The molecule has 0 spiro atoms. The summed E-state index contributed by atoms with van der Waals surface area (Å²) < 4.78 is 41.6. The Morgan fingerprint density at radius 3 is 2.67 bits per heavy atom. The van der Waals surface area contributed by atoms with Crippen LogP contribution in [0.15, 0.2) is 36.4 Å². The molecule has 2 amide bonds. The van der Waals surface area contributed by atoms with Crippen LogP contribution in [0.5, 0.6) is 11.5 Å². The number of amides is 2. The van der Waals surface area contributed by atoms with Gasteiger partial charge in [0.1, 0.15) is 18.3 Å². The summed E-state index contributed by atoms with van der Waals surface area (Å²) in [5.41, 5.74) is 1.19. The number of pyridine rings is 1. The van der Waals surface area contributed by atoms with Gasteiger partial charge in [0.25, 0.3) is 5.91 Å². The number of aliphatic hydroxyl groups is 1. The van der Waals surface area contributed by atoms with Crippen molar-refractivity contribution in [3.8, 4) is 11.5 Å². The Kier molecular flexibility index (Phi) is 9.28. The molecule has 1 aliphatic carbocycles. The molecule has 2 fully saturated rings. The van der Waals surface area contributed by atoms with Gasteiger partial charge in [-0.2, -0.15) is 8.78 Å². The number of rotatable bonds is 12. The Morgan fingerprint density at radius 2 is 1.97 bits per heavy atom. The molecule has 2 atom stereocenters. The molecule has 2 aliphatic rings. The maximum atomic E-state index is 13.0. The van der Waals surface area contributed by atoms with Crippen molar-refractivity contribution < 1.29 is 42.5 Å². The number of ether oxygens (including phenoxy) is 3. The van der Waals surface area contributed by atoms with E-state index in [1.54, 1.807) is 24.3 Å². The number of nitrogens with one attached hydrogen (secondary N) is 1. The number of likely N-dealkylation sites (tertiary alicyclic amines) is 1. The second-order valence-electron chi connectivity index (χ2n) is 9.56. The molecule has 0 bridgehead atoms. The van der Waals surface area contributed by atoms with Crippen LogP contribution in [-0.4, -0.2) is 71.7 Å². The molecule has 1 aromatic heterocycles.